The maximum absolute atomic E-state index is 12.7. The Bertz CT molecular complexity index is 1160. The fraction of sp³-hybridized carbons (Fsp3) is 0.316. The van der Waals surface area contributed by atoms with Crippen molar-refractivity contribution in [2.75, 3.05) is 5.32 Å². The summed E-state index contributed by atoms with van der Waals surface area (Å²) < 4.78 is 3.05. The minimum Gasteiger partial charge on any atom is -0.371 e. The second-order valence-corrected chi connectivity index (χ2v) is 7.37. The van der Waals surface area contributed by atoms with E-state index in [9.17, 15) is 19.7 Å². The van der Waals surface area contributed by atoms with Crippen molar-refractivity contribution in [2.24, 2.45) is 14.1 Å². The van der Waals surface area contributed by atoms with Gasteiger partial charge in [0.15, 0.2) is 0 Å². The number of anilines is 1. The van der Waals surface area contributed by atoms with Gasteiger partial charge < -0.3 is 15.2 Å². The Hall–Kier alpha value is -3.69. The van der Waals surface area contributed by atoms with Crippen LogP contribution in [-0.4, -0.2) is 30.7 Å². The highest BCUT2D eigenvalue weighted by Gasteiger charge is 2.28. The van der Waals surface area contributed by atoms with Crippen LogP contribution in [0.2, 0.25) is 0 Å². The van der Waals surface area contributed by atoms with Crippen LogP contribution in [-0.2, 0) is 25.4 Å². The Balaban J connectivity index is 1.91. The van der Waals surface area contributed by atoms with E-state index in [1.807, 2.05) is 0 Å². The summed E-state index contributed by atoms with van der Waals surface area (Å²) in [5.41, 5.74) is 0.266. The zero-order valence-electron chi connectivity index (χ0n) is 16.6. The van der Waals surface area contributed by atoms with Crippen LogP contribution in [0.5, 0.6) is 0 Å². The zero-order valence-corrected chi connectivity index (χ0v) is 16.6. The highest BCUT2D eigenvalue weighted by atomic mass is 16.6. The summed E-state index contributed by atoms with van der Waals surface area (Å²) in [6.45, 7) is 3.65. The summed E-state index contributed by atoms with van der Waals surface area (Å²) in [5.74, 6) is -0.291. The highest BCUT2D eigenvalue weighted by Crippen LogP contribution is 2.28. The molecule has 29 heavy (non-hydrogen) atoms. The van der Waals surface area contributed by atoms with Crippen LogP contribution in [0.15, 0.2) is 41.5 Å². The molecule has 0 saturated heterocycles. The second-order valence-electron chi connectivity index (χ2n) is 7.37. The quantitative estimate of drug-likeness (QED) is 0.481. The maximum atomic E-state index is 12.7. The molecule has 0 spiro atoms. The molecule has 0 unspecified atom stereocenters. The number of aromatic nitrogens is 3. The molecule has 0 aliphatic heterocycles. The van der Waals surface area contributed by atoms with E-state index in [0.29, 0.717) is 23.1 Å². The van der Waals surface area contributed by atoms with Crippen LogP contribution in [0.1, 0.15) is 19.4 Å². The third kappa shape index (κ3) is 4.10. The first-order chi connectivity index (χ1) is 13.6. The standard InChI is InChI=1S/C19H22N6O4/c1-19(2,18(27)20-9-12-10-21-23(3)11-12)22-15-8-17(26)24(4)16-6-5-13(25(28)29)7-14(15)16/h5-8,10-11,22H,9H2,1-4H3,(H,20,27). The number of amides is 1. The van der Waals surface area contributed by atoms with Crippen LogP contribution in [0.4, 0.5) is 11.4 Å². The average molecular weight is 398 g/mol. The molecule has 10 nitrogen and oxygen atoms in total. The first kappa shape index (κ1) is 20.1. The van der Waals surface area contributed by atoms with Crippen LogP contribution in [0.3, 0.4) is 0 Å². The van der Waals surface area contributed by atoms with Gasteiger partial charge in [0.25, 0.3) is 11.2 Å². The molecule has 0 bridgehead atoms. The topological polar surface area (TPSA) is 124 Å². The lowest BCUT2D eigenvalue weighted by Crippen LogP contribution is -2.47. The number of nitrogens with zero attached hydrogens (tertiary/aromatic N) is 4. The lowest BCUT2D eigenvalue weighted by atomic mass is 10.0. The average Bonchev–Trinajstić information content (AvgIpc) is 3.08. The fourth-order valence-electron chi connectivity index (χ4n) is 3.03. The number of carbonyl (C=O) groups excluding carboxylic acids is 1. The number of nitrogens with one attached hydrogen (secondary N) is 2. The zero-order chi connectivity index (χ0) is 21.3. The van der Waals surface area contributed by atoms with Crippen molar-refractivity contribution in [1.29, 1.82) is 0 Å². The molecule has 2 N–H and O–H groups in total. The van der Waals surface area contributed by atoms with Gasteiger partial charge in [-0.15, -0.1) is 0 Å². The van der Waals surface area contributed by atoms with Gasteiger partial charge in [-0.2, -0.15) is 5.10 Å². The summed E-state index contributed by atoms with van der Waals surface area (Å²) in [7, 11) is 3.38. The highest BCUT2D eigenvalue weighted by molar-refractivity contribution is 5.96. The van der Waals surface area contributed by atoms with Gasteiger partial charge in [-0.3, -0.25) is 24.4 Å². The molecule has 10 heteroatoms. The van der Waals surface area contributed by atoms with Crippen molar-refractivity contribution in [2.45, 2.75) is 25.9 Å². The number of aryl methyl sites for hydroxylation is 2. The number of fused-ring (bicyclic) bond motifs is 1. The van der Waals surface area contributed by atoms with E-state index in [4.69, 9.17) is 0 Å². The van der Waals surface area contributed by atoms with Gasteiger partial charge in [0.1, 0.15) is 5.54 Å². The Morgan fingerprint density at radius 1 is 1.28 bits per heavy atom. The Kier molecular flexibility index (Phi) is 5.10. The molecule has 2 aromatic heterocycles. The number of pyridine rings is 1. The normalized spacial score (nSPS) is 11.4. The van der Waals surface area contributed by atoms with Crippen molar-refractivity contribution >= 4 is 28.2 Å². The molecule has 3 rings (SSSR count). The number of hydrogen-bond acceptors (Lipinski definition) is 6. The molecule has 0 radical (unpaired) electrons. The summed E-state index contributed by atoms with van der Waals surface area (Å²) in [6, 6.07) is 5.59. The van der Waals surface area contributed by atoms with Crippen LogP contribution in [0.25, 0.3) is 10.9 Å². The van der Waals surface area contributed by atoms with Crippen LogP contribution < -0.4 is 16.2 Å². The Morgan fingerprint density at radius 2 is 2.00 bits per heavy atom. The second kappa shape index (κ2) is 7.38. The molecule has 0 aliphatic carbocycles. The van der Waals surface area contributed by atoms with E-state index >= 15 is 0 Å². The minimum absolute atomic E-state index is 0.0990. The van der Waals surface area contributed by atoms with Crippen LogP contribution in [0, 0.1) is 10.1 Å². The van der Waals surface area contributed by atoms with E-state index in [1.165, 1.54) is 28.8 Å². The third-order valence-electron chi connectivity index (χ3n) is 4.67. The molecule has 0 fully saturated rings. The molecular formula is C19H22N6O4. The molecule has 0 atom stereocenters. The van der Waals surface area contributed by atoms with Crippen molar-refractivity contribution in [3.8, 4) is 0 Å². The summed E-state index contributed by atoms with van der Waals surface area (Å²) in [4.78, 5) is 35.7. The number of nitro benzene ring substituents is 1. The van der Waals surface area contributed by atoms with Gasteiger partial charge in [-0.25, -0.2) is 0 Å². The predicted octanol–water partition coefficient (Wildman–Crippen LogP) is 1.69. The predicted molar refractivity (Wildman–Crippen MR) is 109 cm³/mol. The van der Waals surface area contributed by atoms with Gasteiger partial charge in [0.2, 0.25) is 5.91 Å². The molecule has 152 valence electrons. The number of benzene rings is 1. The molecule has 1 aromatic carbocycles. The van der Waals surface area contributed by atoms with E-state index in [0.717, 1.165) is 5.56 Å². The lowest BCUT2D eigenvalue weighted by Gasteiger charge is -2.27. The molecule has 2 heterocycles. The molecule has 0 saturated carbocycles. The first-order valence-electron chi connectivity index (χ1n) is 8.90. The van der Waals surface area contributed by atoms with Gasteiger partial charge in [0.05, 0.1) is 22.3 Å². The molecule has 0 aliphatic rings. The van der Waals surface area contributed by atoms with Crippen molar-refractivity contribution < 1.29 is 9.72 Å². The maximum Gasteiger partial charge on any atom is 0.270 e. The van der Waals surface area contributed by atoms with Gasteiger partial charge in [-0.1, -0.05) is 0 Å². The van der Waals surface area contributed by atoms with E-state index in [-0.39, 0.29) is 17.2 Å². The third-order valence-corrected chi connectivity index (χ3v) is 4.67. The number of rotatable bonds is 6. The number of carbonyl (C=O) groups is 1. The number of nitro groups is 1. The van der Waals surface area contributed by atoms with Crippen molar-refractivity contribution in [1.82, 2.24) is 19.7 Å². The van der Waals surface area contributed by atoms with E-state index < -0.39 is 10.5 Å². The van der Waals surface area contributed by atoms with Gasteiger partial charge in [0, 0.05) is 56.0 Å². The number of hydrogen-bond donors (Lipinski definition) is 2. The minimum atomic E-state index is -1.08. The molecule has 3 aromatic rings. The summed E-state index contributed by atoms with van der Waals surface area (Å²) in [6.07, 6.45) is 3.46. The van der Waals surface area contributed by atoms with Crippen LogP contribution >= 0.6 is 0 Å². The Morgan fingerprint density at radius 3 is 2.62 bits per heavy atom. The SMILES string of the molecule is Cn1cc(CNC(=O)C(C)(C)Nc2cc(=O)n(C)c3ccc([N+](=O)[O-])cc23)cn1. The number of non-ortho nitro benzene ring substituents is 1. The molecule has 1 amide bonds. The summed E-state index contributed by atoms with van der Waals surface area (Å²) in [5, 5.41) is 21.6. The first-order valence-corrected chi connectivity index (χ1v) is 8.90. The monoisotopic (exact) mass is 398 g/mol. The Labute approximate surface area is 166 Å². The van der Waals surface area contributed by atoms with Crippen molar-refractivity contribution in [3.05, 3.63) is 62.7 Å². The fourth-order valence-corrected chi connectivity index (χ4v) is 3.03. The van der Waals surface area contributed by atoms with Gasteiger partial charge >= 0.3 is 0 Å². The largest absolute Gasteiger partial charge is 0.371 e. The van der Waals surface area contributed by atoms with E-state index in [2.05, 4.69) is 15.7 Å². The van der Waals surface area contributed by atoms with E-state index in [1.54, 1.807) is 45.0 Å². The molecular weight excluding hydrogens is 376 g/mol. The smallest absolute Gasteiger partial charge is 0.270 e. The lowest BCUT2D eigenvalue weighted by molar-refractivity contribution is -0.384. The van der Waals surface area contributed by atoms with Gasteiger partial charge in [-0.05, 0) is 19.9 Å². The van der Waals surface area contributed by atoms with Crippen molar-refractivity contribution in [3.63, 3.8) is 0 Å². The summed E-state index contributed by atoms with van der Waals surface area (Å²) >= 11 is 0.